The van der Waals surface area contributed by atoms with Crippen molar-refractivity contribution in [2.75, 3.05) is 19.7 Å². The molecular formula is C21H27F2NO. The summed E-state index contributed by atoms with van der Waals surface area (Å²) < 4.78 is 33.2. The average Bonchev–Trinajstić information content (AvgIpc) is 2.57. The van der Waals surface area contributed by atoms with Crippen molar-refractivity contribution in [1.82, 2.24) is 5.32 Å². The van der Waals surface area contributed by atoms with Crippen LogP contribution in [0.5, 0.6) is 0 Å². The van der Waals surface area contributed by atoms with Crippen molar-refractivity contribution in [3.05, 3.63) is 70.3 Å². The lowest BCUT2D eigenvalue weighted by Gasteiger charge is -2.22. The van der Waals surface area contributed by atoms with Gasteiger partial charge in [-0.2, -0.15) is 0 Å². The second-order valence-corrected chi connectivity index (χ2v) is 6.42. The van der Waals surface area contributed by atoms with Gasteiger partial charge in [0.25, 0.3) is 0 Å². The van der Waals surface area contributed by atoms with Gasteiger partial charge in [-0.1, -0.05) is 31.2 Å². The second-order valence-electron chi connectivity index (χ2n) is 6.42. The maximum absolute atomic E-state index is 13.7. The molecule has 0 bridgehead atoms. The van der Waals surface area contributed by atoms with Crippen LogP contribution in [0.25, 0.3) is 0 Å². The number of nitrogens with one attached hydrogen (secondary N) is 1. The number of hydrogen-bond donors (Lipinski definition) is 1. The predicted molar refractivity (Wildman–Crippen MR) is 97.8 cm³/mol. The van der Waals surface area contributed by atoms with Gasteiger partial charge in [0.15, 0.2) is 0 Å². The van der Waals surface area contributed by atoms with Crippen LogP contribution in [0.2, 0.25) is 0 Å². The van der Waals surface area contributed by atoms with E-state index in [0.29, 0.717) is 6.61 Å². The molecule has 0 radical (unpaired) electrons. The lowest BCUT2D eigenvalue weighted by molar-refractivity contribution is 0.101. The molecule has 1 atom stereocenters. The number of halogens is 2. The molecule has 0 heterocycles. The molecule has 2 rings (SSSR count). The van der Waals surface area contributed by atoms with E-state index in [1.165, 1.54) is 34.9 Å². The largest absolute Gasteiger partial charge is 0.376 e. The molecule has 0 amide bonds. The van der Waals surface area contributed by atoms with Crippen molar-refractivity contribution in [3.63, 3.8) is 0 Å². The molecule has 0 aliphatic heterocycles. The summed E-state index contributed by atoms with van der Waals surface area (Å²) in [4.78, 5) is 0. The van der Waals surface area contributed by atoms with Crippen LogP contribution in [0.1, 0.15) is 41.5 Å². The van der Waals surface area contributed by atoms with Gasteiger partial charge in [0.2, 0.25) is 0 Å². The number of aryl methyl sites for hydroxylation is 2. The Morgan fingerprint density at radius 2 is 1.60 bits per heavy atom. The molecule has 0 aliphatic rings. The molecule has 2 aromatic rings. The Kier molecular flexibility index (Phi) is 7.53. The minimum absolute atomic E-state index is 0.00993. The third kappa shape index (κ3) is 5.35. The van der Waals surface area contributed by atoms with E-state index < -0.39 is 11.6 Å². The topological polar surface area (TPSA) is 21.3 Å². The van der Waals surface area contributed by atoms with Crippen LogP contribution < -0.4 is 5.32 Å². The molecule has 1 unspecified atom stereocenters. The van der Waals surface area contributed by atoms with E-state index in [4.69, 9.17) is 4.74 Å². The Hall–Kier alpha value is -1.78. The first-order valence-corrected chi connectivity index (χ1v) is 8.82. The highest BCUT2D eigenvalue weighted by Gasteiger charge is 2.17. The number of rotatable bonds is 9. The molecule has 0 fully saturated rings. The molecule has 0 saturated carbocycles. The van der Waals surface area contributed by atoms with Gasteiger partial charge in [-0.05, 0) is 55.6 Å². The Labute approximate surface area is 149 Å². The minimum Gasteiger partial charge on any atom is -0.376 e. The Bertz CT molecular complexity index is 647. The Morgan fingerprint density at radius 3 is 2.20 bits per heavy atom. The maximum Gasteiger partial charge on any atom is 0.131 e. The first-order valence-electron chi connectivity index (χ1n) is 8.82. The zero-order chi connectivity index (χ0) is 18.2. The third-order valence-corrected chi connectivity index (χ3v) is 4.40. The van der Waals surface area contributed by atoms with Crippen molar-refractivity contribution in [2.45, 2.75) is 39.7 Å². The normalized spacial score (nSPS) is 12.4. The molecule has 2 nitrogen and oxygen atoms in total. The minimum atomic E-state index is -0.562. The highest BCUT2D eigenvalue weighted by Crippen LogP contribution is 2.24. The van der Waals surface area contributed by atoms with Gasteiger partial charge in [0, 0.05) is 18.0 Å². The summed E-state index contributed by atoms with van der Waals surface area (Å²) in [5.74, 6) is -0.983. The van der Waals surface area contributed by atoms with Gasteiger partial charge >= 0.3 is 0 Å². The quantitative estimate of drug-likeness (QED) is 0.653. The van der Waals surface area contributed by atoms with Crippen molar-refractivity contribution >= 4 is 0 Å². The molecule has 136 valence electrons. The van der Waals surface area contributed by atoms with Crippen LogP contribution in [0, 0.1) is 25.5 Å². The van der Waals surface area contributed by atoms with Crippen LogP contribution in [0.3, 0.4) is 0 Å². The average molecular weight is 347 g/mol. The van der Waals surface area contributed by atoms with E-state index in [1.54, 1.807) is 0 Å². The van der Waals surface area contributed by atoms with E-state index in [9.17, 15) is 8.78 Å². The summed E-state index contributed by atoms with van der Waals surface area (Å²) in [6.07, 6.45) is 1.06. The monoisotopic (exact) mass is 347 g/mol. The molecule has 0 aromatic heterocycles. The third-order valence-electron chi connectivity index (χ3n) is 4.40. The second kappa shape index (κ2) is 9.64. The first-order chi connectivity index (χ1) is 12.0. The lowest BCUT2D eigenvalue weighted by atomic mass is 9.91. The van der Waals surface area contributed by atoms with Crippen molar-refractivity contribution in [2.24, 2.45) is 0 Å². The van der Waals surface area contributed by atoms with E-state index in [0.717, 1.165) is 19.5 Å². The van der Waals surface area contributed by atoms with Crippen LogP contribution in [0.4, 0.5) is 8.78 Å². The fourth-order valence-corrected chi connectivity index (χ4v) is 3.14. The van der Waals surface area contributed by atoms with E-state index >= 15 is 0 Å². The highest BCUT2D eigenvalue weighted by atomic mass is 19.1. The molecule has 0 aliphatic carbocycles. The van der Waals surface area contributed by atoms with E-state index in [-0.39, 0.29) is 18.1 Å². The number of hydrogen-bond acceptors (Lipinski definition) is 2. The van der Waals surface area contributed by atoms with Crippen LogP contribution in [-0.2, 0) is 11.3 Å². The van der Waals surface area contributed by atoms with E-state index in [1.807, 2.05) is 6.07 Å². The predicted octanol–water partition coefficient (Wildman–Crippen LogP) is 4.88. The van der Waals surface area contributed by atoms with Gasteiger partial charge in [-0.25, -0.2) is 8.78 Å². The number of ether oxygens (including phenoxy) is 1. The summed E-state index contributed by atoms with van der Waals surface area (Å²) in [5.41, 5.74) is 3.66. The van der Waals surface area contributed by atoms with Gasteiger partial charge < -0.3 is 10.1 Å². The van der Waals surface area contributed by atoms with Gasteiger partial charge in [0.1, 0.15) is 11.6 Å². The first kappa shape index (κ1) is 19.5. The Morgan fingerprint density at radius 1 is 1.00 bits per heavy atom. The lowest BCUT2D eigenvalue weighted by Crippen LogP contribution is -2.26. The van der Waals surface area contributed by atoms with Gasteiger partial charge in [-0.15, -0.1) is 0 Å². The Balaban J connectivity index is 2.08. The van der Waals surface area contributed by atoms with Crippen molar-refractivity contribution < 1.29 is 13.5 Å². The number of benzene rings is 2. The van der Waals surface area contributed by atoms with Crippen LogP contribution in [-0.4, -0.2) is 19.7 Å². The molecule has 1 N–H and O–H groups in total. The molecular weight excluding hydrogens is 320 g/mol. The van der Waals surface area contributed by atoms with Crippen molar-refractivity contribution in [1.29, 1.82) is 0 Å². The van der Waals surface area contributed by atoms with Crippen LogP contribution >= 0.6 is 0 Å². The molecule has 25 heavy (non-hydrogen) atoms. The van der Waals surface area contributed by atoms with Gasteiger partial charge in [0.05, 0.1) is 13.2 Å². The standard InChI is InChI=1S/C21H27F2NO/c1-4-11-24-12-17(21-15(2)7-5-8-16(21)3)13-25-14-18-19(22)9-6-10-20(18)23/h5-10,17,24H,4,11-14H2,1-3H3. The molecule has 0 spiro atoms. The smallest absolute Gasteiger partial charge is 0.131 e. The summed E-state index contributed by atoms with van der Waals surface area (Å²) in [6.45, 7) is 8.36. The zero-order valence-corrected chi connectivity index (χ0v) is 15.2. The SMILES string of the molecule is CCCNCC(COCc1c(F)cccc1F)c1c(C)cccc1C. The summed E-state index contributed by atoms with van der Waals surface area (Å²) >= 11 is 0. The molecule has 0 saturated heterocycles. The maximum atomic E-state index is 13.7. The zero-order valence-electron chi connectivity index (χ0n) is 15.2. The van der Waals surface area contributed by atoms with Crippen molar-refractivity contribution in [3.8, 4) is 0 Å². The van der Waals surface area contributed by atoms with Gasteiger partial charge in [-0.3, -0.25) is 0 Å². The summed E-state index contributed by atoms with van der Waals surface area (Å²) in [7, 11) is 0. The fourth-order valence-electron chi connectivity index (χ4n) is 3.14. The highest BCUT2D eigenvalue weighted by molar-refractivity contribution is 5.37. The fraction of sp³-hybridized carbons (Fsp3) is 0.429. The molecule has 4 heteroatoms. The summed E-state index contributed by atoms with van der Waals surface area (Å²) in [6, 6.07) is 10.1. The molecule has 2 aromatic carbocycles. The van der Waals surface area contributed by atoms with E-state index in [2.05, 4.69) is 38.2 Å². The van der Waals surface area contributed by atoms with Crippen LogP contribution in [0.15, 0.2) is 36.4 Å². The summed E-state index contributed by atoms with van der Waals surface area (Å²) in [5, 5.41) is 3.43.